The van der Waals surface area contributed by atoms with E-state index in [-0.39, 0.29) is 10.8 Å². The molecular formula is C22H43BrO2. The summed E-state index contributed by atoms with van der Waals surface area (Å²) in [5.74, 6) is -0.142. The first-order valence-electron chi connectivity index (χ1n) is 11.0. The van der Waals surface area contributed by atoms with Gasteiger partial charge in [-0.2, -0.15) is 0 Å². The van der Waals surface area contributed by atoms with Gasteiger partial charge < -0.3 is 4.74 Å². The number of alkyl halides is 1. The van der Waals surface area contributed by atoms with Crippen LogP contribution in [-0.4, -0.2) is 17.4 Å². The monoisotopic (exact) mass is 418 g/mol. The Morgan fingerprint density at radius 2 is 1.00 bits per heavy atom. The third-order valence-electron chi connectivity index (χ3n) is 4.82. The fraction of sp³-hybridized carbons (Fsp3) is 0.955. The maximum absolute atomic E-state index is 11.2. The van der Waals surface area contributed by atoms with Crippen LogP contribution in [0.1, 0.15) is 123 Å². The molecular weight excluding hydrogens is 376 g/mol. The zero-order valence-electron chi connectivity index (χ0n) is 17.0. The molecule has 0 aromatic carbocycles. The van der Waals surface area contributed by atoms with Crippen LogP contribution in [0.5, 0.6) is 0 Å². The second-order valence-corrected chi connectivity index (χ2v) is 8.81. The standard InChI is InChI=1S/C22H43BrO2/c1-3-4-5-6-7-8-9-10-11-12-13-14-15-16-17-18-19-20-25-22(24)21(2)23/h21H,3-20H2,1-2H3. The maximum atomic E-state index is 11.2. The van der Waals surface area contributed by atoms with Gasteiger partial charge in [-0.3, -0.25) is 4.79 Å². The highest BCUT2D eigenvalue weighted by atomic mass is 79.9. The molecule has 0 bridgehead atoms. The van der Waals surface area contributed by atoms with Crippen LogP contribution in [-0.2, 0) is 9.53 Å². The van der Waals surface area contributed by atoms with E-state index in [9.17, 15) is 4.79 Å². The van der Waals surface area contributed by atoms with Gasteiger partial charge in [0, 0.05) is 0 Å². The summed E-state index contributed by atoms with van der Waals surface area (Å²) in [5, 5.41) is 0. The second-order valence-electron chi connectivity index (χ2n) is 7.44. The Labute approximate surface area is 166 Å². The Morgan fingerprint density at radius 1 is 0.680 bits per heavy atom. The minimum absolute atomic E-state index is 0.142. The summed E-state index contributed by atoms with van der Waals surface area (Å²) in [6, 6.07) is 0. The van der Waals surface area contributed by atoms with Gasteiger partial charge in [0.05, 0.1) is 6.61 Å². The van der Waals surface area contributed by atoms with E-state index in [1.807, 2.05) is 0 Å². The highest BCUT2D eigenvalue weighted by Gasteiger charge is 2.08. The number of unbranched alkanes of at least 4 members (excludes halogenated alkanes) is 16. The third kappa shape index (κ3) is 20.1. The molecule has 1 atom stereocenters. The summed E-state index contributed by atoms with van der Waals surface area (Å²) in [5.41, 5.74) is 0. The number of carbonyl (C=O) groups is 1. The predicted octanol–water partition coefficient (Wildman–Crippen LogP) is 7.96. The first kappa shape index (κ1) is 24.9. The summed E-state index contributed by atoms with van der Waals surface area (Å²) >= 11 is 3.22. The van der Waals surface area contributed by atoms with Crippen LogP contribution < -0.4 is 0 Å². The maximum Gasteiger partial charge on any atom is 0.319 e. The molecule has 0 heterocycles. The molecule has 25 heavy (non-hydrogen) atoms. The minimum Gasteiger partial charge on any atom is -0.465 e. The molecule has 0 aliphatic heterocycles. The molecule has 0 rings (SSSR count). The van der Waals surface area contributed by atoms with Gasteiger partial charge in [0.25, 0.3) is 0 Å². The molecule has 0 fully saturated rings. The van der Waals surface area contributed by atoms with Crippen molar-refractivity contribution in [1.29, 1.82) is 0 Å². The van der Waals surface area contributed by atoms with E-state index in [1.54, 1.807) is 6.92 Å². The summed E-state index contributed by atoms with van der Waals surface area (Å²) in [4.78, 5) is 11.1. The molecule has 0 N–H and O–H groups in total. The first-order chi connectivity index (χ1) is 12.2. The normalized spacial score (nSPS) is 12.3. The van der Waals surface area contributed by atoms with Gasteiger partial charge in [-0.1, -0.05) is 126 Å². The lowest BCUT2D eigenvalue weighted by atomic mass is 10.0. The molecule has 0 radical (unpaired) electrons. The molecule has 3 heteroatoms. The van der Waals surface area contributed by atoms with Gasteiger partial charge in [0.15, 0.2) is 0 Å². The largest absolute Gasteiger partial charge is 0.465 e. The van der Waals surface area contributed by atoms with Crippen molar-refractivity contribution in [3.63, 3.8) is 0 Å². The average molecular weight is 419 g/mol. The molecule has 0 saturated carbocycles. The number of carbonyl (C=O) groups excluding carboxylic acids is 1. The highest BCUT2D eigenvalue weighted by molar-refractivity contribution is 9.10. The fourth-order valence-corrected chi connectivity index (χ4v) is 3.25. The number of hydrogen-bond donors (Lipinski definition) is 0. The van der Waals surface area contributed by atoms with Gasteiger partial charge in [0.1, 0.15) is 4.83 Å². The van der Waals surface area contributed by atoms with Gasteiger partial charge in [-0.15, -0.1) is 0 Å². The summed E-state index contributed by atoms with van der Waals surface area (Å²) in [7, 11) is 0. The van der Waals surface area contributed by atoms with Crippen molar-refractivity contribution in [1.82, 2.24) is 0 Å². The number of halogens is 1. The van der Waals surface area contributed by atoms with E-state index >= 15 is 0 Å². The minimum atomic E-state index is -0.182. The average Bonchev–Trinajstić information content (AvgIpc) is 2.60. The van der Waals surface area contributed by atoms with E-state index in [0.29, 0.717) is 6.61 Å². The molecule has 0 saturated heterocycles. The topological polar surface area (TPSA) is 26.3 Å². The zero-order chi connectivity index (χ0) is 18.6. The summed E-state index contributed by atoms with van der Waals surface area (Å²) < 4.78 is 5.14. The highest BCUT2D eigenvalue weighted by Crippen LogP contribution is 2.14. The molecule has 0 aliphatic rings. The van der Waals surface area contributed by atoms with Crippen molar-refractivity contribution in [2.75, 3.05) is 6.61 Å². The summed E-state index contributed by atoms with van der Waals surface area (Å²) in [6.07, 6.45) is 23.3. The molecule has 150 valence electrons. The van der Waals surface area contributed by atoms with E-state index < -0.39 is 0 Å². The Bertz CT molecular complexity index is 279. The van der Waals surface area contributed by atoms with Crippen LogP contribution in [0.4, 0.5) is 0 Å². The molecule has 1 unspecified atom stereocenters. The van der Waals surface area contributed by atoms with Gasteiger partial charge >= 0.3 is 5.97 Å². The molecule has 0 spiro atoms. The predicted molar refractivity (Wildman–Crippen MR) is 114 cm³/mol. The van der Waals surface area contributed by atoms with Crippen LogP contribution in [0, 0.1) is 0 Å². The lowest BCUT2D eigenvalue weighted by Crippen LogP contribution is -2.14. The van der Waals surface area contributed by atoms with Crippen LogP contribution in [0.25, 0.3) is 0 Å². The van der Waals surface area contributed by atoms with Crippen molar-refractivity contribution >= 4 is 21.9 Å². The smallest absolute Gasteiger partial charge is 0.319 e. The van der Waals surface area contributed by atoms with E-state index in [0.717, 1.165) is 6.42 Å². The molecule has 0 aromatic rings. The van der Waals surface area contributed by atoms with Crippen molar-refractivity contribution in [2.45, 2.75) is 128 Å². The van der Waals surface area contributed by atoms with Crippen molar-refractivity contribution in [3.8, 4) is 0 Å². The van der Waals surface area contributed by atoms with Crippen molar-refractivity contribution < 1.29 is 9.53 Å². The van der Waals surface area contributed by atoms with Crippen molar-refractivity contribution in [2.24, 2.45) is 0 Å². The van der Waals surface area contributed by atoms with Gasteiger partial charge in [-0.05, 0) is 13.3 Å². The SMILES string of the molecule is CCCCCCCCCCCCCCCCCCCOC(=O)C(C)Br. The summed E-state index contributed by atoms with van der Waals surface area (Å²) in [6.45, 7) is 4.66. The molecule has 0 aromatic heterocycles. The lowest BCUT2D eigenvalue weighted by Gasteiger charge is -2.06. The van der Waals surface area contributed by atoms with E-state index in [4.69, 9.17) is 4.74 Å². The Balaban J connectivity index is 3.04. The third-order valence-corrected chi connectivity index (χ3v) is 5.19. The van der Waals surface area contributed by atoms with Crippen molar-refractivity contribution in [3.05, 3.63) is 0 Å². The van der Waals surface area contributed by atoms with E-state index in [1.165, 1.54) is 103 Å². The quantitative estimate of drug-likeness (QED) is 0.121. The Kier molecular flexibility index (Phi) is 20.2. The Morgan fingerprint density at radius 3 is 1.32 bits per heavy atom. The molecule has 2 nitrogen and oxygen atoms in total. The van der Waals surface area contributed by atoms with Crippen LogP contribution in [0.3, 0.4) is 0 Å². The number of esters is 1. The number of ether oxygens (including phenoxy) is 1. The van der Waals surface area contributed by atoms with Gasteiger partial charge in [-0.25, -0.2) is 0 Å². The number of rotatable bonds is 19. The van der Waals surface area contributed by atoms with Crippen LogP contribution in [0.15, 0.2) is 0 Å². The fourth-order valence-electron chi connectivity index (χ4n) is 3.11. The molecule has 0 amide bonds. The van der Waals surface area contributed by atoms with Crippen LogP contribution in [0.2, 0.25) is 0 Å². The van der Waals surface area contributed by atoms with E-state index in [2.05, 4.69) is 22.9 Å². The lowest BCUT2D eigenvalue weighted by molar-refractivity contribution is -0.142. The molecule has 0 aliphatic carbocycles. The first-order valence-corrected chi connectivity index (χ1v) is 11.9. The number of hydrogen-bond acceptors (Lipinski definition) is 2. The Hall–Kier alpha value is -0.0500. The van der Waals surface area contributed by atoms with Gasteiger partial charge in [0.2, 0.25) is 0 Å². The second kappa shape index (κ2) is 20.3. The zero-order valence-corrected chi connectivity index (χ0v) is 18.6. The van der Waals surface area contributed by atoms with Crippen LogP contribution >= 0.6 is 15.9 Å².